The highest BCUT2D eigenvalue weighted by Crippen LogP contribution is 2.22. The van der Waals surface area contributed by atoms with Crippen LogP contribution in [0.4, 0.5) is 0 Å². The molecule has 1 aliphatic rings. The molecular weight excluding hydrogens is 280 g/mol. The van der Waals surface area contributed by atoms with Crippen LogP contribution in [-0.2, 0) is 9.59 Å². The first-order valence-corrected chi connectivity index (χ1v) is 6.95. The van der Waals surface area contributed by atoms with E-state index in [0.717, 1.165) is 0 Å². The van der Waals surface area contributed by atoms with Crippen molar-refractivity contribution in [3.05, 3.63) is 24.2 Å². The summed E-state index contributed by atoms with van der Waals surface area (Å²) in [7, 11) is 0. The van der Waals surface area contributed by atoms with Crippen LogP contribution in [0.5, 0.6) is 0 Å². The fourth-order valence-corrected chi connectivity index (χ4v) is 2.45. The van der Waals surface area contributed by atoms with Gasteiger partial charge in [-0.2, -0.15) is 5.10 Å². The maximum absolute atomic E-state index is 11.7. The molecule has 2 heterocycles. The lowest BCUT2D eigenvalue weighted by atomic mass is 10.3. The minimum Gasteiger partial charge on any atom is -0.463 e. The molecule has 0 spiro atoms. The monoisotopic (exact) mass is 294 g/mol. The quantitative estimate of drug-likeness (QED) is 0.618. The van der Waals surface area contributed by atoms with Gasteiger partial charge in [-0.05, 0) is 19.1 Å². The van der Waals surface area contributed by atoms with Crippen LogP contribution in [-0.4, -0.2) is 35.0 Å². The van der Waals surface area contributed by atoms with Gasteiger partial charge in [0, 0.05) is 13.0 Å². The predicted octanol–water partition coefficient (Wildman–Crippen LogP) is 0.727. The van der Waals surface area contributed by atoms with Gasteiger partial charge in [-0.25, -0.2) is 0 Å². The molecule has 1 saturated heterocycles. The number of nitrogens with zero attached hydrogens (tertiary/aromatic N) is 2. The molecule has 7 nitrogen and oxygen atoms in total. The van der Waals surface area contributed by atoms with Gasteiger partial charge >= 0.3 is 0 Å². The third kappa shape index (κ3) is 3.95. The molecule has 1 fully saturated rings. The zero-order valence-electron chi connectivity index (χ0n) is 10.8. The number of hydrogen-bond donors (Lipinski definition) is 2. The summed E-state index contributed by atoms with van der Waals surface area (Å²) in [6, 6.07) is 3.48. The van der Waals surface area contributed by atoms with Gasteiger partial charge in [0.25, 0.3) is 0 Å². The van der Waals surface area contributed by atoms with Crippen molar-refractivity contribution in [1.29, 1.82) is 0 Å². The summed E-state index contributed by atoms with van der Waals surface area (Å²) in [4.78, 5) is 23.1. The lowest BCUT2D eigenvalue weighted by molar-refractivity contribution is -0.125. The van der Waals surface area contributed by atoms with Gasteiger partial charge in [0.2, 0.25) is 11.8 Å². The summed E-state index contributed by atoms with van der Waals surface area (Å²) in [5, 5.41) is 12.8. The van der Waals surface area contributed by atoms with E-state index in [1.807, 2.05) is 6.92 Å². The lowest BCUT2D eigenvalue weighted by Gasteiger charge is -2.04. The number of amidine groups is 1. The van der Waals surface area contributed by atoms with Gasteiger partial charge in [-0.15, -0.1) is 5.10 Å². The molecule has 0 aliphatic carbocycles. The highest BCUT2D eigenvalue weighted by atomic mass is 32.2. The largest absolute Gasteiger partial charge is 0.463 e. The molecule has 8 heteroatoms. The van der Waals surface area contributed by atoms with Crippen molar-refractivity contribution >= 4 is 35.0 Å². The highest BCUT2D eigenvalue weighted by molar-refractivity contribution is 8.15. The minimum atomic E-state index is -0.459. The van der Waals surface area contributed by atoms with Crippen LogP contribution in [0, 0.1) is 0 Å². The van der Waals surface area contributed by atoms with Crippen LogP contribution in [0.15, 0.2) is 33.0 Å². The van der Waals surface area contributed by atoms with Crippen LogP contribution < -0.4 is 10.6 Å². The van der Waals surface area contributed by atoms with Gasteiger partial charge in [-0.1, -0.05) is 11.8 Å². The Morgan fingerprint density at radius 3 is 3.20 bits per heavy atom. The number of carbonyl (C=O) groups is 2. The molecule has 2 N–H and O–H groups in total. The van der Waals surface area contributed by atoms with E-state index >= 15 is 0 Å². The lowest BCUT2D eigenvalue weighted by Crippen LogP contribution is -2.31. The SMILES string of the molecule is CCNC(=O)CC1S/C(=N/N=C\c2ccco2)NC1=O. The Labute approximate surface area is 119 Å². The maximum atomic E-state index is 11.7. The fourth-order valence-electron chi connectivity index (χ4n) is 1.53. The molecule has 1 unspecified atom stereocenters. The van der Waals surface area contributed by atoms with Crippen molar-refractivity contribution in [3.63, 3.8) is 0 Å². The number of furan rings is 1. The van der Waals surface area contributed by atoms with E-state index in [4.69, 9.17) is 4.42 Å². The van der Waals surface area contributed by atoms with E-state index in [2.05, 4.69) is 20.8 Å². The Morgan fingerprint density at radius 1 is 1.65 bits per heavy atom. The fraction of sp³-hybridized carbons (Fsp3) is 0.333. The molecule has 1 aromatic rings. The van der Waals surface area contributed by atoms with Gasteiger partial charge in [0.05, 0.1) is 12.5 Å². The predicted molar refractivity (Wildman–Crippen MR) is 76.6 cm³/mol. The van der Waals surface area contributed by atoms with Crippen LogP contribution in [0.1, 0.15) is 19.1 Å². The highest BCUT2D eigenvalue weighted by Gasteiger charge is 2.31. The van der Waals surface area contributed by atoms with Gasteiger partial charge in [-0.3, -0.25) is 9.59 Å². The van der Waals surface area contributed by atoms with Crippen molar-refractivity contribution in [2.45, 2.75) is 18.6 Å². The van der Waals surface area contributed by atoms with Crippen LogP contribution in [0.3, 0.4) is 0 Å². The smallest absolute Gasteiger partial charge is 0.240 e. The number of hydrogen-bond acceptors (Lipinski definition) is 6. The van der Waals surface area contributed by atoms with Crippen molar-refractivity contribution in [3.8, 4) is 0 Å². The number of rotatable bonds is 5. The number of nitrogens with one attached hydrogen (secondary N) is 2. The van der Waals surface area contributed by atoms with Crippen LogP contribution in [0.25, 0.3) is 0 Å². The molecule has 1 aliphatic heterocycles. The number of carbonyl (C=O) groups excluding carboxylic acids is 2. The molecule has 2 amide bonds. The molecule has 1 aromatic heterocycles. The molecule has 106 valence electrons. The summed E-state index contributed by atoms with van der Waals surface area (Å²) in [5.41, 5.74) is 0. The van der Waals surface area contributed by atoms with Crippen LogP contribution in [0.2, 0.25) is 0 Å². The third-order valence-corrected chi connectivity index (χ3v) is 3.47. The first-order valence-electron chi connectivity index (χ1n) is 6.07. The third-order valence-electron chi connectivity index (χ3n) is 2.40. The summed E-state index contributed by atoms with van der Waals surface area (Å²) in [5.74, 6) is 0.191. The summed E-state index contributed by atoms with van der Waals surface area (Å²) >= 11 is 1.19. The van der Waals surface area contributed by atoms with E-state index < -0.39 is 5.25 Å². The van der Waals surface area contributed by atoms with E-state index in [0.29, 0.717) is 17.5 Å². The Morgan fingerprint density at radius 2 is 2.50 bits per heavy atom. The molecule has 20 heavy (non-hydrogen) atoms. The second-order valence-electron chi connectivity index (χ2n) is 3.92. The summed E-state index contributed by atoms with van der Waals surface area (Å²) < 4.78 is 5.05. The van der Waals surface area contributed by atoms with Crippen LogP contribution >= 0.6 is 11.8 Å². The summed E-state index contributed by atoms with van der Waals surface area (Å²) in [6.07, 6.45) is 3.10. The second-order valence-corrected chi connectivity index (χ2v) is 5.11. The molecule has 0 radical (unpaired) electrons. The van der Waals surface area contributed by atoms with Gasteiger partial charge in [0.15, 0.2) is 5.17 Å². The van der Waals surface area contributed by atoms with E-state index in [9.17, 15) is 9.59 Å². The normalized spacial score (nSPS) is 20.6. The van der Waals surface area contributed by atoms with Crippen molar-refractivity contribution in [2.75, 3.05) is 6.54 Å². The molecular formula is C12H14N4O3S. The summed E-state index contributed by atoms with van der Waals surface area (Å²) in [6.45, 7) is 2.38. The average molecular weight is 294 g/mol. The topological polar surface area (TPSA) is 96.1 Å². The average Bonchev–Trinajstić information content (AvgIpc) is 3.01. The molecule has 0 saturated carbocycles. The first-order chi connectivity index (χ1) is 9.69. The van der Waals surface area contributed by atoms with E-state index in [1.165, 1.54) is 24.2 Å². The molecule has 1 atom stereocenters. The van der Waals surface area contributed by atoms with Crippen molar-refractivity contribution < 1.29 is 14.0 Å². The maximum Gasteiger partial charge on any atom is 0.240 e. The van der Waals surface area contributed by atoms with E-state index in [-0.39, 0.29) is 18.2 Å². The zero-order chi connectivity index (χ0) is 14.4. The standard InChI is InChI=1S/C12H14N4O3S/c1-2-13-10(17)6-9-11(18)15-12(20-9)16-14-7-8-4-3-5-19-8/h3-5,7,9H,2,6H2,1H3,(H,13,17)(H,15,16,18)/b14-7-. The van der Waals surface area contributed by atoms with Crippen molar-refractivity contribution in [1.82, 2.24) is 10.6 Å². The Hall–Kier alpha value is -2.09. The van der Waals surface area contributed by atoms with Gasteiger partial charge < -0.3 is 15.1 Å². The first kappa shape index (κ1) is 14.3. The Bertz CT molecular complexity index is 539. The van der Waals surface area contributed by atoms with Crippen molar-refractivity contribution in [2.24, 2.45) is 10.2 Å². The second kappa shape index (κ2) is 6.90. The Balaban J connectivity index is 1.89. The van der Waals surface area contributed by atoms with E-state index in [1.54, 1.807) is 12.1 Å². The Kier molecular flexibility index (Phi) is 4.94. The number of amides is 2. The molecule has 0 bridgehead atoms. The molecule has 2 rings (SSSR count). The molecule has 0 aromatic carbocycles. The number of thioether (sulfide) groups is 1. The zero-order valence-corrected chi connectivity index (χ0v) is 11.6. The van der Waals surface area contributed by atoms with Gasteiger partial charge in [0.1, 0.15) is 11.0 Å². The minimum absolute atomic E-state index is 0.130.